The average Bonchev–Trinajstić information content (AvgIpc) is 2.69. The van der Waals surface area contributed by atoms with Crippen LogP contribution in [0.25, 0.3) is 21.8 Å². The normalized spacial score (nSPS) is 9.85. The number of anilines is 1. The number of hydrazine groups is 1. The summed E-state index contributed by atoms with van der Waals surface area (Å²) in [7, 11) is 0. The highest BCUT2D eigenvalue weighted by Crippen LogP contribution is 2.19. The second kappa shape index (κ2) is 9.65. The maximum absolute atomic E-state index is 12.8. The van der Waals surface area contributed by atoms with Crippen LogP contribution in [-0.2, 0) is 0 Å². The van der Waals surface area contributed by atoms with Gasteiger partial charge in [0, 0.05) is 22.9 Å². The quantitative estimate of drug-likeness (QED) is 0.282. The minimum absolute atomic E-state index is 0.322. The first-order chi connectivity index (χ1) is 13.1. The van der Waals surface area contributed by atoms with Gasteiger partial charge in [-0.25, -0.2) is 34.6 Å². The third-order valence-corrected chi connectivity index (χ3v) is 3.59. The van der Waals surface area contributed by atoms with Crippen LogP contribution >= 0.6 is 11.6 Å². The summed E-state index contributed by atoms with van der Waals surface area (Å²) in [5.74, 6) is 5.06. The summed E-state index contributed by atoms with van der Waals surface area (Å²) < 4.78 is 25.4. The Morgan fingerprint density at radius 1 is 0.815 bits per heavy atom. The SMILES string of the molecule is CC.Fc1ccc2c(Cl)ncnc2c1.NNc1ncnc2cc(F)ccc12. The monoisotopic (exact) mass is 390 g/mol. The molecule has 0 saturated heterocycles. The molecule has 4 rings (SSSR count). The Bertz CT molecular complexity index is 1040. The molecule has 0 amide bonds. The van der Waals surface area contributed by atoms with Crippen molar-refractivity contribution in [3.63, 3.8) is 0 Å². The van der Waals surface area contributed by atoms with Crippen molar-refractivity contribution in [2.24, 2.45) is 5.84 Å². The molecule has 3 N–H and O–H groups in total. The maximum Gasteiger partial charge on any atom is 0.151 e. The summed E-state index contributed by atoms with van der Waals surface area (Å²) >= 11 is 5.74. The Hall–Kier alpha value is -2.97. The molecule has 2 aromatic carbocycles. The van der Waals surface area contributed by atoms with E-state index in [0.29, 0.717) is 32.8 Å². The Labute approximate surface area is 159 Å². The summed E-state index contributed by atoms with van der Waals surface area (Å²) in [6.45, 7) is 4.00. The van der Waals surface area contributed by atoms with E-state index in [-0.39, 0.29) is 11.6 Å². The van der Waals surface area contributed by atoms with Crippen LogP contribution in [-0.4, -0.2) is 19.9 Å². The fourth-order valence-corrected chi connectivity index (χ4v) is 2.35. The van der Waals surface area contributed by atoms with Crippen molar-refractivity contribution in [2.45, 2.75) is 13.8 Å². The number of nitrogen functional groups attached to an aromatic ring is 1. The smallest absolute Gasteiger partial charge is 0.151 e. The number of halogens is 3. The van der Waals surface area contributed by atoms with E-state index >= 15 is 0 Å². The average molecular weight is 391 g/mol. The molecular weight excluding hydrogens is 374 g/mol. The predicted octanol–water partition coefficient (Wildman–Crippen LogP) is 4.50. The van der Waals surface area contributed by atoms with Gasteiger partial charge in [-0.15, -0.1) is 0 Å². The van der Waals surface area contributed by atoms with E-state index in [2.05, 4.69) is 25.4 Å². The Balaban J connectivity index is 0.000000178. The van der Waals surface area contributed by atoms with E-state index < -0.39 is 0 Å². The molecule has 0 aliphatic rings. The third kappa shape index (κ3) is 5.02. The summed E-state index contributed by atoms with van der Waals surface area (Å²) in [6, 6.07) is 8.47. The molecule has 9 heteroatoms. The number of hydrogen-bond acceptors (Lipinski definition) is 6. The highest BCUT2D eigenvalue weighted by atomic mass is 35.5. The topological polar surface area (TPSA) is 89.6 Å². The van der Waals surface area contributed by atoms with Crippen LogP contribution < -0.4 is 11.3 Å². The number of rotatable bonds is 1. The molecule has 2 heterocycles. The lowest BCUT2D eigenvalue weighted by molar-refractivity contribution is 0.629. The molecule has 0 aliphatic carbocycles. The molecule has 27 heavy (non-hydrogen) atoms. The van der Waals surface area contributed by atoms with E-state index in [9.17, 15) is 8.78 Å². The van der Waals surface area contributed by atoms with Gasteiger partial charge in [0.2, 0.25) is 0 Å². The van der Waals surface area contributed by atoms with E-state index in [0.717, 1.165) is 0 Å². The maximum atomic E-state index is 12.8. The molecule has 4 aromatic rings. The number of nitrogens with one attached hydrogen (secondary N) is 1. The van der Waals surface area contributed by atoms with Gasteiger partial charge < -0.3 is 5.43 Å². The standard InChI is InChI=1S/C8H4ClFN2.C8H7FN4.C2H6/c9-8-6-2-1-5(10)3-7(6)11-4-12-8;9-5-1-2-6-7(3-5)11-4-12-8(6)13-10;1-2/h1-4H;1-4H,10H2,(H,11,12,13);1-2H3. The van der Waals surface area contributed by atoms with E-state index in [1.165, 1.54) is 36.9 Å². The number of hydrogen-bond donors (Lipinski definition) is 2. The summed E-state index contributed by atoms with van der Waals surface area (Å²) in [5, 5.41) is 1.71. The number of fused-ring (bicyclic) bond motifs is 2. The van der Waals surface area contributed by atoms with E-state index in [1.807, 2.05) is 13.8 Å². The van der Waals surface area contributed by atoms with E-state index in [1.54, 1.807) is 12.1 Å². The van der Waals surface area contributed by atoms with Crippen LogP contribution in [0, 0.1) is 11.6 Å². The number of benzene rings is 2. The largest absolute Gasteiger partial charge is 0.308 e. The summed E-state index contributed by atoms with van der Waals surface area (Å²) in [5.41, 5.74) is 3.47. The first kappa shape index (κ1) is 20.3. The van der Waals surface area contributed by atoms with Crippen molar-refractivity contribution in [3.05, 3.63) is 65.8 Å². The molecule has 0 unspecified atom stereocenters. The van der Waals surface area contributed by atoms with Gasteiger partial charge in [-0.3, -0.25) is 0 Å². The zero-order valence-corrected chi connectivity index (χ0v) is 15.4. The molecule has 0 radical (unpaired) electrons. The fourth-order valence-electron chi connectivity index (χ4n) is 2.14. The first-order valence-corrected chi connectivity index (χ1v) is 8.39. The lowest BCUT2D eigenvalue weighted by Crippen LogP contribution is -2.09. The van der Waals surface area contributed by atoms with Crippen LogP contribution in [0.1, 0.15) is 13.8 Å². The van der Waals surface area contributed by atoms with Gasteiger partial charge in [-0.1, -0.05) is 25.4 Å². The summed E-state index contributed by atoms with van der Waals surface area (Å²) in [6.07, 6.45) is 2.64. The zero-order chi connectivity index (χ0) is 19.8. The minimum Gasteiger partial charge on any atom is -0.308 e. The highest BCUT2D eigenvalue weighted by molar-refractivity contribution is 6.33. The van der Waals surface area contributed by atoms with Crippen LogP contribution in [0.5, 0.6) is 0 Å². The van der Waals surface area contributed by atoms with Gasteiger partial charge >= 0.3 is 0 Å². The molecular formula is C18H17ClF2N6. The van der Waals surface area contributed by atoms with Crippen LogP contribution in [0.4, 0.5) is 14.6 Å². The van der Waals surface area contributed by atoms with Crippen LogP contribution in [0.15, 0.2) is 49.1 Å². The van der Waals surface area contributed by atoms with Crippen LogP contribution in [0.2, 0.25) is 5.15 Å². The van der Waals surface area contributed by atoms with Gasteiger partial charge in [0.1, 0.15) is 29.4 Å². The molecule has 140 valence electrons. The minimum atomic E-state index is -0.325. The van der Waals surface area contributed by atoms with Gasteiger partial charge in [-0.05, 0) is 24.3 Å². The molecule has 0 bridgehead atoms. The van der Waals surface area contributed by atoms with Crippen molar-refractivity contribution >= 4 is 39.2 Å². The van der Waals surface area contributed by atoms with Crippen molar-refractivity contribution in [1.82, 2.24) is 19.9 Å². The number of nitrogens with zero attached hydrogens (tertiary/aromatic N) is 4. The van der Waals surface area contributed by atoms with E-state index in [4.69, 9.17) is 17.4 Å². The lowest BCUT2D eigenvalue weighted by Gasteiger charge is -2.02. The summed E-state index contributed by atoms with van der Waals surface area (Å²) in [4.78, 5) is 15.4. The second-order valence-corrected chi connectivity index (χ2v) is 5.21. The third-order valence-electron chi connectivity index (χ3n) is 3.29. The molecule has 2 aromatic heterocycles. The Morgan fingerprint density at radius 2 is 1.33 bits per heavy atom. The van der Waals surface area contributed by atoms with Crippen molar-refractivity contribution in [2.75, 3.05) is 5.43 Å². The fraction of sp³-hybridized carbons (Fsp3) is 0.111. The van der Waals surface area contributed by atoms with Crippen LogP contribution in [0.3, 0.4) is 0 Å². The lowest BCUT2D eigenvalue weighted by atomic mass is 10.2. The first-order valence-electron chi connectivity index (χ1n) is 8.01. The number of aromatic nitrogens is 4. The molecule has 0 aliphatic heterocycles. The van der Waals surface area contributed by atoms with Gasteiger partial charge in [0.05, 0.1) is 11.0 Å². The molecule has 0 spiro atoms. The van der Waals surface area contributed by atoms with Crippen molar-refractivity contribution in [1.29, 1.82) is 0 Å². The molecule has 6 nitrogen and oxygen atoms in total. The van der Waals surface area contributed by atoms with Crippen molar-refractivity contribution < 1.29 is 8.78 Å². The van der Waals surface area contributed by atoms with Crippen molar-refractivity contribution in [3.8, 4) is 0 Å². The highest BCUT2D eigenvalue weighted by Gasteiger charge is 2.02. The number of nitrogens with two attached hydrogens (primary N) is 1. The van der Waals surface area contributed by atoms with Gasteiger partial charge in [0.25, 0.3) is 0 Å². The molecule has 0 atom stereocenters. The molecule has 0 fully saturated rings. The zero-order valence-electron chi connectivity index (χ0n) is 14.6. The Kier molecular flexibility index (Phi) is 7.27. The van der Waals surface area contributed by atoms with Gasteiger partial charge in [0.15, 0.2) is 5.82 Å². The van der Waals surface area contributed by atoms with Gasteiger partial charge in [-0.2, -0.15) is 0 Å². The predicted molar refractivity (Wildman–Crippen MR) is 103 cm³/mol. The molecule has 0 saturated carbocycles. The second-order valence-electron chi connectivity index (χ2n) is 4.85. The Morgan fingerprint density at radius 3 is 1.93 bits per heavy atom.